The van der Waals surface area contributed by atoms with Crippen LogP contribution in [0.1, 0.15) is 12.8 Å². The van der Waals surface area contributed by atoms with Gasteiger partial charge >= 0.3 is 6.36 Å². The average Bonchev–Trinajstić information content (AvgIpc) is 3.03. The summed E-state index contributed by atoms with van der Waals surface area (Å²) in [5.41, 5.74) is -0.695. The molecule has 23 heavy (non-hydrogen) atoms. The number of alkyl halides is 3. The molecule has 3 atom stereocenters. The molecule has 0 aromatic heterocycles. The van der Waals surface area contributed by atoms with Crippen LogP contribution in [0.4, 0.5) is 23.2 Å². The minimum Gasteiger partial charge on any atom is -0.403 e. The lowest BCUT2D eigenvalue weighted by atomic mass is 10.0. The van der Waals surface area contributed by atoms with Crippen LogP contribution in [-0.2, 0) is 4.79 Å². The molecule has 5 nitrogen and oxygen atoms in total. The van der Waals surface area contributed by atoms with E-state index in [9.17, 15) is 27.5 Å². The maximum absolute atomic E-state index is 14.0. The molecule has 0 bridgehead atoms. The standard InChI is InChI=1S/C14H14F4N2O3/c15-11-7(2-1-3-9(11)23-14(16,17)18)20-12(22)8-4-13(6-21)5-10(13)19-8/h1-3,8,10,19,21H,4-6H2,(H,20,22)/t8-,10+,13-/m0/s1. The summed E-state index contributed by atoms with van der Waals surface area (Å²) in [6, 6.07) is 2.55. The number of fused-ring (bicyclic) bond motifs is 1. The molecule has 1 aromatic rings. The normalized spacial score (nSPS) is 29.1. The summed E-state index contributed by atoms with van der Waals surface area (Å²) in [5.74, 6) is -2.87. The van der Waals surface area contributed by atoms with Gasteiger partial charge in [0.2, 0.25) is 5.91 Å². The second kappa shape index (κ2) is 5.34. The predicted molar refractivity (Wildman–Crippen MR) is 71.2 cm³/mol. The van der Waals surface area contributed by atoms with E-state index < -0.39 is 35.6 Å². The number of piperidine rings is 1. The molecule has 9 heteroatoms. The Morgan fingerprint density at radius 1 is 1.43 bits per heavy atom. The Labute approximate surface area is 128 Å². The number of hydrogen-bond donors (Lipinski definition) is 3. The van der Waals surface area contributed by atoms with Gasteiger partial charge in [0.15, 0.2) is 11.6 Å². The van der Waals surface area contributed by atoms with Gasteiger partial charge in [0.1, 0.15) is 0 Å². The van der Waals surface area contributed by atoms with Gasteiger partial charge < -0.3 is 20.5 Å². The van der Waals surface area contributed by atoms with Crippen molar-refractivity contribution >= 4 is 11.6 Å². The van der Waals surface area contributed by atoms with Gasteiger partial charge in [-0.25, -0.2) is 4.39 Å². The van der Waals surface area contributed by atoms with E-state index in [-0.39, 0.29) is 18.1 Å². The van der Waals surface area contributed by atoms with Crippen LogP contribution in [-0.4, -0.2) is 36.1 Å². The van der Waals surface area contributed by atoms with Crippen LogP contribution in [0.3, 0.4) is 0 Å². The number of aliphatic hydroxyl groups excluding tert-OH is 1. The number of nitrogens with one attached hydrogen (secondary N) is 2. The fourth-order valence-corrected chi connectivity index (χ4v) is 2.96. The molecule has 1 aliphatic heterocycles. The van der Waals surface area contributed by atoms with Crippen LogP contribution in [0.25, 0.3) is 0 Å². The number of carbonyl (C=O) groups is 1. The maximum Gasteiger partial charge on any atom is 0.573 e. The van der Waals surface area contributed by atoms with Crippen molar-refractivity contribution < 1.29 is 32.2 Å². The van der Waals surface area contributed by atoms with E-state index in [0.717, 1.165) is 24.6 Å². The van der Waals surface area contributed by atoms with Gasteiger partial charge in [0, 0.05) is 11.5 Å². The highest BCUT2D eigenvalue weighted by atomic mass is 19.4. The highest BCUT2D eigenvalue weighted by Crippen LogP contribution is 2.54. The monoisotopic (exact) mass is 334 g/mol. The molecule has 1 heterocycles. The van der Waals surface area contributed by atoms with Crippen LogP contribution < -0.4 is 15.4 Å². The molecule has 1 aromatic carbocycles. The van der Waals surface area contributed by atoms with Crippen molar-refractivity contribution in [1.29, 1.82) is 0 Å². The molecule has 3 rings (SSSR count). The zero-order valence-corrected chi connectivity index (χ0v) is 11.8. The summed E-state index contributed by atoms with van der Waals surface area (Å²) in [6.45, 7) is -0.0439. The van der Waals surface area contributed by atoms with Gasteiger partial charge in [0.05, 0.1) is 18.3 Å². The summed E-state index contributed by atoms with van der Waals surface area (Å²) >= 11 is 0. The number of ether oxygens (including phenoxy) is 1. The highest BCUT2D eigenvalue weighted by Gasteiger charge is 2.61. The molecule has 3 N–H and O–H groups in total. The quantitative estimate of drug-likeness (QED) is 0.734. The van der Waals surface area contributed by atoms with E-state index in [1.165, 1.54) is 0 Å². The Morgan fingerprint density at radius 3 is 2.78 bits per heavy atom. The molecule has 1 aliphatic carbocycles. The second-order valence-corrected chi connectivity index (χ2v) is 5.86. The van der Waals surface area contributed by atoms with Crippen molar-refractivity contribution in [3.8, 4) is 5.75 Å². The van der Waals surface area contributed by atoms with Gasteiger partial charge in [-0.3, -0.25) is 4.79 Å². The lowest BCUT2D eigenvalue weighted by Crippen LogP contribution is -2.38. The summed E-state index contributed by atoms with van der Waals surface area (Å²) in [4.78, 5) is 12.1. The lowest BCUT2D eigenvalue weighted by molar-refractivity contribution is -0.275. The third kappa shape index (κ3) is 3.11. The van der Waals surface area contributed by atoms with Crippen LogP contribution >= 0.6 is 0 Å². The van der Waals surface area contributed by atoms with E-state index in [1.807, 2.05) is 0 Å². The van der Waals surface area contributed by atoms with Crippen LogP contribution in [0.5, 0.6) is 5.75 Å². The fraction of sp³-hybridized carbons (Fsp3) is 0.500. The molecule has 0 unspecified atom stereocenters. The van der Waals surface area contributed by atoms with Crippen molar-refractivity contribution in [2.75, 3.05) is 11.9 Å². The van der Waals surface area contributed by atoms with Crippen LogP contribution in [0.2, 0.25) is 0 Å². The fourth-order valence-electron chi connectivity index (χ4n) is 2.96. The summed E-state index contributed by atoms with van der Waals surface area (Å²) in [5, 5.41) is 14.6. The number of amides is 1. The van der Waals surface area contributed by atoms with Gasteiger partial charge in [-0.15, -0.1) is 13.2 Å². The van der Waals surface area contributed by atoms with Crippen LogP contribution in [0, 0.1) is 11.2 Å². The average molecular weight is 334 g/mol. The first-order chi connectivity index (χ1) is 10.7. The molecule has 0 radical (unpaired) electrons. The molecule has 126 valence electrons. The maximum atomic E-state index is 14.0. The topological polar surface area (TPSA) is 70.6 Å². The molecule has 1 saturated carbocycles. The summed E-state index contributed by atoms with van der Waals surface area (Å²) in [6.07, 6.45) is -3.85. The predicted octanol–water partition coefficient (Wildman–Crippen LogP) is 1.78. The smallest absolute Gasteiger partial charge is 0.403 e. The van der Waals surface area contributed by atoms with Gasteiger partial charge in [0.25, 0.3) is 0 Å². The molecule has 1 saturated heterocycles. The molecule has 2 aliphatic rings. The molecule has 0 spiro atoms. The van der Waals surface area contributed by atoms with Crippen molar-refractivity contribution in [1.82, 2.24) is 5.32 Å². The number of halogens is 4. The Bertz CT molecular complexity index is 633. The molecular formula is C14H14F4N2O3. The number of aliphatic hydroxyl groups is 1. The van der Waals surface area contributed by atoms with E-state index in [0.29, 0.717) is 6.42 Å². The second-order valence-electron chi connectivity index (χ2n) is 5.86. The molecule has 1 amide bonds. The number of anilines is 1. The summed E-state index contributed by atoms with van der Waals surface area (Å²) < 4.78 is 54.1. The van der Waals surface area contributed by atoms with Crippen molar-refractivity contribution in [2.24, 2.45) is 5.41 Å². The minimum absolute atomic E-state index is 0.0439. The van der Waals surface area contributed by atoms with E-state index in [2.05, 4.69) is 15.4 Å². The van der Waals surface area contributed by atoms with Crippen molar-refractivity contribution in [3.05, 3.63) is 24.0 Å². The number of benzene rings is 1. The number of hydrogen-bond acceptors (Lipinski definition) is 4. The lowest BCUT2D eigenvalue weighted by Gasteiger charge is -2.16. The Kier molecular flexibility index (Phi) is 3.72. The zero-order chi connectivity index (χ0) is 16.8. The first kappa shape index (κ1) is 16.0. The largest absolute Gasteiger partial charge is 0.573 e. The molecular weight excluding hydrogens is 320 g/mol. The molecule has 2 fully saturated rings. The van der Waals surface area contributed by atoms with Gasteiger partial charge in [-0.1, -0.05) is 6.07 Å². The first-order valence-corrected chi connectivity index (χ1v) is 6.96. The van der Waals surface area contributed by atoms with E-state index >= 15 is 0 Å². The Morgan fingerprint density at radius 2 is 2.17 bits per heavy atom. The van der Waals surface area contributed by atoms with E-state index in [1.54, 1.807) is 0 Å². The Hall–Kier alpha value is -1.87. The van der Waals surface area contributed by atoms with Crippen molar-refractivity contribution in [3.63, 3.8) is 0 Å². The van der Waals surface area contributed by atoms with Gasteiger partial charge in [-0.2, -0.15) is 0 Å². The minimum atomic E-state index is -5.02. The third-order valence-electron chi connectivity index (χ3n) is 4.28. The summed E-state index contributed by atoms with van der Waals surface area (Å²) in [7, 11) is 0. The third-order valence-corrected chi connectivity index (χ3v) is 4.28. The van der Waals surface area contributed by atoms with Gasteiger partial charge in [-0.05, 0) is 25.0 Å². The first-order valence-electron chi connectivity index (χ1n) is 6.96. The van der Waals surface area contributed by atoms with Crippen LogP contribution in [0.15, 0.2) is 18.2 Å². The van der Waals surface area contributed by atoms with E-state index in [4.69, 9.17) is 0 Å². The Balaban J connectivity index is 1.69. The number of carbonyl (C=O) groups excluding carboxylic acids is 1. The number of rotatable bonds is 4. The highest BCUT2D eigenvalue weighted by molar-refractivity contribution is 5.95. The zero-order valence-electron chi connectivity index (χ0n) is 11.8. The SMILES string of the molecule is O=C(Nc1cccc(OC(F)(F)F)c1F)[C@@H]1C[C@@]2(CO)C[C@H]2N1. The van der Waals surface area contributed by atoms with Crippen molar-refractivity contribution in [2.45, 2.75) is 31.3 Å².